The second kappa shape index (κ2) is 7.02. The lowest BCUT2D eigenvalue weighted by molar-refractivity contribution is -0.137. The number of carbonyl (C=O) groups excluding carboxylic acids is 1. The first-order valence-electron chi connectivity index (χ1n) is 8.47. The van der Waals surface area contributed by atoms with Crippen molar-refractivity contribution in [1.29, 1.82) is 0 Å². The van der Waals surface area contributed by atoms with Crippen LogP contribution in [0.2, 0.25) is 0 Å². The van der Waals surface area contributed by atoms with E-state index >= 15 is 0 Å². The van der Waals surface area contributed by atoms with E-state index in [1.165, 1.54) is 12.1 Å². The normalized spacial score (nSPS) is 15.4. The molecule has 1 fully saturated rings. The van der Waals surface area contributed by atoms with Gasteiger partial charge in [-0.1, -0.05) is 29.8 Å². The van der Waals surface area contributed by atoms with Crippen LogP contribution in [0.5, 0.6) is 5.75 Å². The predicted octanol–water partition coefficient (Wildman–Crippen LogP) is 4.24. The highest BCUT2D eigenvalue weighted by atomic mass is 19.4. The molecule has 1 aliphatic carbocycles. The first-order valence-corrected chi connectivity index (χ1v) is 8.47. The third kappa shape index (κ3) is 4.00. The summed E-state index contributed by atoms with van der Waals surface area (Å²) in [4.78, 5) is 12.5. The Balaban J connectivity index is 1.49. The van der Waals surface area contributed by atoms with E-state index in [1.807, 2.05) is 31.2 Å². The van der Waals surface area contributed by atoms with Gasteiger partial charge in [0, 0.05) is 0 Å². The summed E-state index contributed by atoms with van der Waals surface area (Å²) in [6, 6.07) is 12.5. The zero-order valence-corrected chi connectivity index (χ0v) is 14.4. The second-order valence-electron chi connectivity index (χ2n) is 6.58. The predicted molar refractivity (Wildman–Crippen MR) is 92.0 cm³/mol. The molecule has 1 saturated carbocycles. The first-order chi connectivity index (χ1) is 12.3. The van der Waals surface area contributed by atoms with Gasteiger partial charge in [-0.15, -0.1) is 0 Å². The molecule has 0 saturated heterocycles. The zero-order chi connectivity index (χ0) is 18.8. The fourth-order valence-corrected chi connectivity index (χ4v) is 2.96. The van der Waals surface area contributed by atoms with Crippen LogP contribution in [0.4, 0.5) is 13.2 Å². The van der Waals surface area contributed by atoms with Crippen molar-refractivity contribution in [3.05, 3.63) is 65.2 Å². The summed E-state index contributed by atoms with van der Waals surface area (Å²) in [5.41, 5.74) is 0.984. The molecule has 2 aromatic rings. The average molecular weight is 363 g/mol. The number of carbonyl (C=O) groups is 1. The van der Waals surface area contributed by atoms with Gasteiger partial charge in [0.15, 0.2) is 0 Å². The lowest BCUT2D eigenvalue weighted by atomic mass is 9.93. The Hall–Kier alpha value is -2.50. The van der Waals surface area contributed by atoms with Crippen LogP contribution >= 0.6 is 0 Å². The smallest absolute Gasteiger partial charge is 0.416 e. The molecule has 0 radical (unpaired) electrons. The number of amides is 1. The molecule has 0 spiro atoms. The lowest BCUT2D eigenvalue weighted by Crippen LogP contribution is -2.37. The highest BCUT2D eigenvalue weighted by Crippen LogP contribution is 2.48. The van der Waals surface area contributed by atoms with Gasteiger partial charge in [0.05, 0.1) is 17.5 Å². The van der Waals surface area contributed by atoms with Gasteiger partial charge in [-0.3, -0.25) is 4.79 Å². The maximum atomic E-state index is 12.5. The molecule has 26 heavy (non-hydrogen) atoms. The summed E-state index contributed by atoms with van der Waals surface area (Å²) < 4.78 is 42.9. The number of benzene rings is 2. The molecule has 0 unspecified atom stereocenters. The Kier molecular flexibility index (Phi) is 4.94. The molecule has 3 rings (SSSR count). The lowest BCUT2D eigenvalue weighted by Gasteiger charge is -2.16. The standard InChI is InChI=1S/C20H20F3NO2/c1-14-3-2-4-16(13-14)19(9-10-19)18(25)24-11-12-26-17-7-5-15(6-8-17)20(21,22)23/h2-8,13H,9-12H2,1H3,(H,24,25). The van der Waals surface area contributed by atoms with E-state index in [4.69, 9.17) is 4.74 Å². The molecule has 0 aliphatic heterocycles. The molecule has 2 aromatic carbocycles. The fourth-order valence-electron chi connectivity index (χ4n) is 2.96. The number of hydrogen-bond acceptors (Lipinski definition) is 2. The van der Waals surface area contributed by atoms with Gasteiger partial charge >= 0.3 is 6.18 Å². The molecule has 6 heteroatoms. The number of ether oxygens (including phenoxy) is 1. The average Bonchev–Trinajstić information content (AvgIpc) is 3.40. The molecular formula is C20H20F3NO2. The molecule has 0 atom stereocenters. The number of hydrogen-bond donors (Lipinski definition) is 1. The van der Waals surface area contributed by atoms with Crippen LogP contribution in [0.1, 0.15) is 29.5 Å². The summed E-state index contributed by atoms with van der Waals surface area (Å²) in [7, 11) is 0. The van der Waals surface area contributed by atoms with E-state index < -0.39 is 17.2 Å². The Morgan fingerprint density at radius 1 is 1.15 bits per heavy atom. The van der Waals surface area contributed by atoms with E-state index in [-0.39, 0.29) is 12.5 Å². The van der Waals surface area contributed by atoms with E-state index in [9.17, 15) is 18.0 Å². The van der Waals surface area contributed by atoms with Crippen molar-refractivity contribution in [2.45, 2.75) is 31.4 Å². The SMILES string of the molecule is Cc1cccc(C2(C(=O)NCCOc3ccc(C(F)(F)F)cc3)CC2)c1. The van der Waals surface area contributed by atoms with E-state index in [1.54, 1.807) is 0 Å². The van der Waals surface area contributed by atoms with Gasteiger partial charge in [-0.05, 0) is 49.6 Å². The van der Waals surface area contributed by atoms with E-state index in [0.29, 0.717) is 12.3 Å². The van der Waals surface area contributed by atoms with Crippen LogP contribution in [-0.2, 0) is 16.4 Å². The molecule has 1 aliphatic rings. The van der Waals surface area contributed by atoms with Crippen molar-refractivity contribution in [1.82, 2.24) is 5.32 Å². The van der Waals surface area contributed by atoms with Gasteiger partial charge in [-0.25, -0.2) is 0 Å². The largest absolute Gasteiger partial charge is 0.492 e. The van der Waals surface area contributed by atoms with Crippen LogP contribution in [-0.4, -0.2) is 19.1 Å². The Morgan fingerprint density at radius 2 is 1.85 bits per heavy atom. The number of alkyl halides is 3. The van der Waals surface area contributed by atoms with Crippen LogP contribution in [0.25, 0.3) is 0 Å². The van der Waals surface area contributed by atoms with Crippen molar-refractivity contribution in [3.8, 4) is 5.75 Å². The summed E-state index contributed by atoms with van der Waals surface area (Å²) in [6.45, 7) is 2.49. The monoisotopic (exact) mass is 363 g/mol. The quantitative estimate of drug-likeness (QED) is 0.780. The summed E-state index contributed by atoms with van der Waals surface area (Å²) in [5.74, 6) is 0.311. The number of aryl methyl sites for hydroxylation is 1. The fraction of sp³-hybridized carbons (Fsp3) is 0.350. The minimum Gasteiger partial charge on any atom is -0.492 e. The summed E-state index contributed by atoms with van der Waals surface area (Å²) in [5, 5.41) is 2.87. The van der Waals surface area contributed by atoms with Gasteiger partial charge in [0.1, 0.15) is 12.4 Å². The number of nitrogens with one attached hydrogen (secondary N) is 1. The third-order valence-electron chi connectivity index (χ3n) is 4.59. The molecule has 0 bridgehead atoms. The highest BCUT2D eigenvalue weighted by Gasteiger charge is 2.51. The minimum absolute atomic E-state index is 0.0286. The van der Waals surface area contributed by atoms with Crippen LogP contribution < -0.4 is 10.1 Å². The summed E-state index contributed by atoms with van der Waals surface area (Å²) in [6.07, 6.45) is -2.72. The van der Waals surface area contributed by atoms with Gasteiger partial charge in [-0.2, -0.15) is 13.2 Å². The Morgan fingerprint density at radius 3 is 2.42 bits per heavy atom. The maximum Gasteiger partial charge on any atom is 0.416 e. The number of halogens is 3. The maximum absolute atomic E-state index is 12.5. The van der Waals surface area contributed by atoms with Crippen molar-refractivity contribution < 1.29 is 22.7 Å². The molecule has 1 amide bonds. The van der Waals surface area contributed by atoms with E-state index in [2.05, 4.69) is 5.32 Å². The molecule has 0 heterocycles. The van der Waals surface area contributed by atoms with Gasteiger partial charge in [0.2, 0.25) is 5.91 Å². The molecule has 0 aromatic heterocycles. The van der Waals surface area contributed by atoms with Crippen LogP contribution in [0.3, 0.4) is 0 Å². The van der Waals surface area contributed by atoms with Crippen LogP contribution in [0.15, 0.2) is 48.5 Å². The molecule has 1 N–H and O–H groups in total. The Bertz CT molecular complexity index is 780. The Labute approximate surface area is 150 Å². The zero-order valence-electron chi connectivity index (χ0n) is 14.4. The van der Waals surface area contributed by atoms with Crippen molar-refractivity contribution >= 4 is 5.91 Å². The highest BCUT2D eigenvalue weighted by molar-refractivity contribution is 5.91. The van der Waals surface area contributed by atoms with Gasteiger partial charge in [0.25, 0.3) is 0 Å². The minimum atomic E-state index is -4.36. The summed E-state index contributed by atoms with van der Waals surface area (Å²) >= 11 is 0. The van der Waals surface area contributed by atoms with Gasteiger partial charge < -0.3 is 10.1 Å². The molecule has 3 nitrogen and oxygen atoms in total. The van der Waals surface area contributed by atoms with Crippen molar-refractivity contribution in [3.63, 3.8) is 0 Å². The van der Waals surface area contributed by atoms with Crippen LogP contribution in [0, 0.1) is 6.92 Å². The third-order valence-corrected chi connectivity index (χ3v) is 4.59. The van der Waals surface area contributed by atoms with Crippen molar-refractivity contribution in [2.24, 2.45) is 0 Å². The molecular weight excluding hydrogens is 343 g/mol. The first kappa shape index (κ1) is 18.3. The topological polar surface area (TPSA) is 38.3 Å². The van der Waals surface area contributed by atoms with Crippen molar-refractivity contribution in [2.75, 3.05) is 13.2 Å². The number of rotatable bonds is 6. The molecule has 138 valence electrons. The van der Waals surface area contributed by atoms with E-state index in [0.717, 1.165) is 36.1 Å². The second-order valence-corrected chi connectivity index (χ2v) is 6.58.